The average molecular weight is 303 g/mol. The van der Waals surface area contributed by atoms with Crippen molar-refractivity contribution in [1.82, 2.24) is 9.78 Å². The van der Waals surface area contributed by atoms with Crippen molar-refractivity contribution in [1.29, 1.82) is 0 Å². The number of furan rings is 1. The highest BCUT2D eigenvalue weighted by molar-refractivity contribution is 6.04. The minimum atomic E-state index is -0.167. The molecule has 22 heavy (non-hydrogen) atoms. The molecule has 3 rings (SSSR count). The van der Waals surface area contributed by atoms with E-state index in [4.69, 9.17) is 9.15 Å². The van der Waals surface area contributed by atoms with Gasteiger partial charge in [-0.1, -0.05) is 0 Å². The van der Waals surface area contributed by atoms with Gasteiger partial charge in [-0.15, -0.1) is 0 Å². The molecule has 0 unspecified atom stereocenters. The second kappa shape index (κ2) is 6.36. The number of carbonyl (C=O) groups excluding carboxylic acids is 1. The predicted molar refractivity (Wildman–Crippen MR) is 81.9 cm³/mol. The lowest BCUT2D eigenvalue weighted by molar-refractivity contribution is 0.0601. The first-order chi connectivity index (χ1) is 10.6. The maximum Gasteiger partial charge on any atom is 0.259 e. The summed E-state index contributed by atoms with van der Waals surface area (Å²) < 4.78 is 12.6. The van der Waals surface area contributed by atoms with E-state index in [2.05, 4.69) is 10.4 Å². The lowest BCUT2D eigenvalue weighted by Gasteiger charge is -2.21. The van der Waals surface area contributed by atoms with Crippen LogP contribution < -0.4 is 5.32 Å². The van der Waals surface area contributed by atoms with Crippen LogP contribution in [-0.4, -0.2) is 28.9 Å². The van der Waals surface area contributed by atoms with Gasteiger partial charge in [0.2, 0.25) is 0 Å². The topological polar surface area (TPSA) is 69.3 Å². The highest BCUT2D eigenvalue weighted by Crippen LogP contribution is 2.19. The van der Waals surface area contributed by atoms with Crippen LogP contribution in [0.1, 0.15) is 34.7 Å². The van der Waals surface area contributed by atoms with Crippen LogP contribution in [0.25, 0.3) is 0 Å². The van der Waals surface area contributed by atoms with E-state index in [1.807, 2.05) is 17.8 Å². The van der Waals surface area contributed by atoms with Crippen LogP contribution in [0.3, 0.4) is 0 Å². The lowest BCUT2D eigenvalue weighted by atomic mass is 10.0. The lowest BCUT2D eigenvalue weighted by Crippen LogP contribution is -2.20. The summed E-state index contributed by atoms with van der Waals surface area (Å²) >= 11 is 0. The summed E-state index contributed by atoms with van der Waals surface area (Å²) in [6.07, 6.45) is 5.68. The Bertz CT molecular complexity index is 653. The molecule has 1 aliphatic rings. The fraction of sp³-hybridized carbons (Fsp3) is 0.500. The largest absolute Gasteiger partial charge is 0.466 e. The van der Waals surface area contributed by atoms with Crippen LogP contribution in [-0.2, 0) is 11.3 Å². The highest BCUT2D eigenvalue weighted by Gasteiger charge is 2.16. The zero-order chi connectivity index (χ0) is 15.5. The molecule has 2 aromatic rings. The monoisotopic (exact) mass is 303 g/mol. The van der Waals surface area contributed by atoms with Crippen molar-refractivity contribution in [3.05, 3.63) is 35.5 Å². The smallest absolute Gasteiger partial charge is 0.259 e. The molecule has 0 spiro atoms. The van der Waals surface area contributed by atoms with E-state index in [1.165, 1.54) is 0 Å². The van der Waals surface area contributed by atoms with Gasteiger partial charge in [0.15, 0.2) is 0 Å². The average Bonchev–Trinajstić information content (AvgIpc) is 3.06. The summed E-state index contributed by atoms with van der Waals surface area (Å²) in [6, 6.07) is 1.75. The van der Waals surface area contributed by atoms with Gasteiger partial charge in [-0.2, -0.15) is 5.10 Å². The van der Waals surface area contributed by atoms with Gasteiger partial charge in [-0.3, -0.25) is 9.48 Å². The van der Waals surface area contributed by atoms with Crippen molar-refractivity contribution in [3.63, 3.8) is 0 Å². The van der Waals surface area contributed by atoms with Gasteiger partial charge >= 0.3 is 0 Å². The van der Waals surface area contributed by atoms with Gasteiger partial charge in [-0.25, -0.2) is 0 Å². The van der Waals surface area contributed by atoms with Crippen molar-refractivity contribution in [2.45, 2.75) is 33.2 Å². The van der Waals surface area contributed by atoms with Crippen LogP contribution in [0.4, 0.5) is 5.69 Å². The summed E-state index contributed by atoms with van der Waals surface area (Å²) in [4.78, 5) is 12.2. The van der Waals surface area contributed by atoms with E-state index >= 15 is 0 Å². The standard InChI is InChI=1S/C16H21N3O3/c1-11-7-15(12(2)22-11)16(20)18-14-8-17-19(10-14)9-13-3-5-21-6-4-13/h7-8,10,13H,3-6,9H2,1-2H3,(H,18,20). The Balaban J connectivity index is 1.61. The molecular formula is C16H21N3O3. The van der Waals surface area contributed by atoms with E-state index < -0.39 is 0 Å². The second-order valence-corrected chi connectivity index (χ2v) is 5.79. The first-order valence-electron chi connectivity index (χ1n) is 7.60. The first kappa shape index (κ1) is 14.8. The Morgan fingerprint density at radius 1 is 1.41 bits per heavy atom. The zero-order valence-corrected chi connectivity index (χ0v) is 13.0. The molecule has 2 aromatic heterocycles. The molecular weight excluding hydrogens is 282 g/mol. The molecule has 0 bridgehead atoms. The minimum Gasteiger partial charge on any atom is -0.466 e. The number of aryl methyl sites for hydroxylation is 2. The zero-order valence-electron chi connectivity index (χ0n) is 13.0. The van der Waals surface area contributed by atoms with Gasteiger partial charge < -0.3 is 14.5 Å². The third-order valence-corrected chi connectivity index (χ3v) is 3.96. The molecule has 3 heterocycles. The van der Waals surface area contributed by atoms with Crippen molar-refractivity contribution in [3.8, 4) is 0 Å². The van der Waals surface area contributed by atoms with E-state index in [9.17, 15) is 4.79 Å². The van der Waals surface area contributed by atoms with Gasteiger partial charge in [0.1, 0.15) is 11.5 Å². The highest BCUT2D eigenvalue weighted by atomic mass is 16.5. The van der Waals surface area contributed by atoms with Crippen LogP contribution in [0, 0.1) is 19.8 Å². The molecule has 6 nitrogen and oxygen atoms in total. The molecule has 0 radical (unpaired) electrons. The van der Waals surface area contributed by atoms with Gasteiger partial charge in [0.05, 0.1) is 17.4 Å². The number of nitrogens with one attached hydrogen (secondary N) is 1. The van der Waals surface area contributed by atoms with E-state index in [0.717, 1.165) is 38.4 Å². The number of hydrogen-bond acceptors (Lipinski definition) is 4. The number of ether oxygens (including phenoxy) is 1. The minimum absolute atomic E-state index is 0.167. The molecule has 1 fully saturated rings. The number of nitrogens with zero attached hydrogens (tertiary/aromatic N) is 2. The Hall–Kier alpha value is -2.08. The van der Waals surface area contributed by atoms with Crippen LogP contribution in [0.2, 0.25) is 0 Å². The number of amides is 1. The summed E-state index contributed by atoms with van der Waals surface area (Å²) in [6.45, 7) is 6.14. The molecule has 1 aliphatic heterocycles. The van der Waals surface area contributed by atoms with Crippen LogP contribution in [0.5, 0.6) is 0 Å². The fourth-order valence-corrected chi connectivity index (χ4v) is 2.78. The molecule has 1 saturated heterocycles. The molecule has 1 N–H and O–H groups in total. The third kappa shape index (κ3) is 3.39. The fourth-order valence-electron chi connectivity index (χ4n) is 2.78. The Labute approximate surface area is 129 Å². The predicted octanol–water partition coefficient (Wildman–Crippen LogP) is 2.77. The summed E-state index contributed by atoms with van der Waals surface area (Å²) in [5.74, 6) is 1.79. The summed E-state index contributed by atoms with van der Waals surface area (Å²) in [5, 5.41) is 7.19. The second-order valence-electron chi connectivity index (χ2n) is 5.79. The Morgan fingerprint density at radius 3 is 2.86 bits per heavy atom. The van der Waals surface area contributed by atoms with Gasteiger partial charge in [0, 0.05) is 26.0 Å². The number of anilines is 1. The van der Waals surface area contributed by atoms with Crippen LogP contribution in [0.15, 0.2) is 22.9 Å². The number of aromatic nitrogens is 2. The molecule has 0 saturated carbocycles. The molecule has 0 aromatic carbocycles. The molecule has 118 valence electrons. The number of carbonyl (C=O) groups is 1. The maximum absolute atomic E-state index is 12.2. The first-order valence-corrected chi connectivity index (χ1v) is 7.60. The Morgan fingerprint density at radius 2 is 2.18 bits per heavy atom. The van der Waals surface area contributed by atoms with Crippen molar-refractivity contribution >= 4 is 11.6 Å². The van der Waals surface area contributed by atoms with E-state index in [-0.39, 0.29) is 5.91 Å². The molecule has 0 aliphatic carbocycles. The number of rotatable bonds is 4. The Kier molecular flexibility index (Phi) is 4.29. The van der Waals surface area contributed by atoms with E-state index in [1.54, 1.807) is 19.2 Å². The van der Waals surface area contributed by atoms with Crippen molar-refractivity contribution in [2.75, 3.05) is 18.5 Å². The molecule has 1 amide bonds. The SMILES string of the molecule is Cc1cc(C(=O)Nc2cnn(CC3CCOCC3)c2)c(C)o1. The quantitative estimate of drug-likeness (QED) is 0.943. The van der Waals surface area contributed by atoms with Crippen molar-refractivity contribution < 1.29 is 13.9 Å². The molecule has 6 heteroatoms. The normalized spacial score (nSPS) is 15.9. The summed E-state index contributed by atoms with van der Waals surface area (Å²) in [5.41, 5.74) is 1.27. The van der Waals surface area contributed by atoms with E-state index in [0.29, 0.717) is 22.9 Å². The summed E-state index contributed by atoms with van der Waals surface area (Å²) in [7, 11) is 0. The van der Waals surface area contributed by atoms with Gasteiger partial charge in [-0.05, 0) is 38.7 Å². The number of hydrogen-bond donors (Lipinski definition) is 1. The van der Waals surface area contributed by atoms with Crippen LogP contribution >= 0.6 is 0 Å². The third-order valence-electron chi connectivity index (χ3n) is 3.96. The van der Waals surface area contributed by atoms with Crippen molar-refractivity contribution in [2.24, 2.45) is 5.92 Å². The molecule has 0 atom stereocenters. The van der Waals surface area contributed by atoms with Gasteiger partial charge in [0.25, 0.3) is 5.91 Å². The maximum atomic E-state index is 12.2.